The summed E-state index contributed by atoms with van der Waals surface area (Å²) in [5.41, 5.74) is 3.84. The quantitative estimate of drug-likeness (QED) is 0.198. The Labute approximate surface area is 271 Å². The van der Waals surface area contributed by atoms with Crippen LogP contribution in [0.1, 0.15) is 0 Å². The van der Waals surface area contributed by atoms with Crippen molar-refractivity contribution in [3.05, 3.63) is 65.3 Å². The maximum atomic E-state index is 10.6. The molecule has 5 rings (SSSR count). The van der Waals surface area contributed by atoms with Gasteiger partial charge < -0.3 is 29.6 Å². The first-order valence-electron chi connectivity index (χ1n) is 13.5. The summed E-state index contributed by atoms with van der Waals surface area (Å²) < 4.78 is 75.7. The van der Waals surface area contributed by atoms with Gasteiger partial charge in [-0.05, 0) is 58.4 Å². The third-order valence-electron chi connectivity index (χ3n) is 6.38. The van der Waals surface area contributed by atoms with Crippen LogP contribution in [0.15, 0.2) is 65.3 Å². The van der Waals surface area contributed by atoms with Crippen LogP contribution >= 0.6 is 15.9 Å². The normalized spacial score (nSPS) is 13.6. The van der Waals surface area contributed by atoms with Crippen molar-refractivity contribution in [1.82, 2.24) is 19.9 Å². The lowest BCUT2D eigenvalue weighted by molar-refractivity contribution is -0.193. The Hall–Kier alpha value is -4.58. The third-order valence-corrected chi connectivity index (χ3v) is 6.82. The predicted octanol–water partition coefficient (Wildman–Crippen LogP) is 5.86. The second-order valence-corrected chi connectivity index (χ2v) is 10.5. The van der Waals surface area contributed by atoms with Crippen molar-refractivity contribution in [2.45, 2.75) is 12.4 Å². The van der Waals surface area contributed by atoms with Crippen LogP contribution < -0.4 is 14.4 Å². The standard InChI is InChI=1S/C25H26BrN5O2.2C2HF3O2/c1-32-22-4-2-3-20(16-22)31-11-9-30(10-12-31)13-14-33-21-7-5-18(6-8-21)24-28-23-15-19(26)17-27-25(23)29-24;2*3-2(4,5)1(6)7/h2-8,15-17H,9-14H2,1H3,(H,27,28,29);2*(H,6,7). The lowest BCUT2D eigenvalue weighted by Gasteiger charge is -2.36. The molecule has 11 nitrogen and oxygen atoms in total. The number of hydrogen-bond acceptors (Lipinski definition) is 8. The summed E-state index contributed by atoms with van der Waals surface area (Å²) >= 11 is 3.44. The van der Waals surface area contributed by atoms with Gasteiger partial charge in [0, 0.05) is 60.7 Å². The monoisotopic (exact) mass is 735 g/mol. The first-order chi connectivity index (χ1) is 22.1. The molecule has 1 aliphatic heterocycles. The summed E-state index contributed by atoms with van der Waals surface area (Å²) in [7, 11) is 1.71. The zero-order chi connectivity index (χ0) is 34.8. The van der Waals surface area contributed by atoms with E-state index in [9.17, 15) is 26.3 Å². The summed E-state index contributed by atoms with van der Waals surface area (Å²) in [6.45, 7) is 5.64. The van der Waals surface area contributed by atoms with Gasteiger partial charge >= 0.3 is 24.3 Å². The molecule has 0 spiro atoms. The molecule has 4 aromatic rings. The van der Waals surface area contributed by atoms with Crippen LogP contribution in [0.5, 0.6) is 11.5 Å². The molecule has 3 N–H and O–H groups in total. The van der Waals surface area contributed by atoms with Crippen LogP contribution in [-0.2, 0) is 9.59 Å². The number of methoxy groups -OCH3 is 1. The molecule has 0 amide bonds. The zero-order valence-corrected chi connectivity index (χ0v) is 26.1. The number of alkyl halides is 6. The smallest absolute Gasteiger partial charge is 0.490 e. The number of hydrogen-bond donors (Lipinski definition) is 3. The molecule has 254 valence electrons. The summed E-state index contributed by atoms with van der Waals surface area (Å²) in [4.78, 5) is 34.9. The van der Waals surface area contributed by atoms with Gasteiger partial charge in [0.2, 0.25) is 0 Å². The predicted molar refractivity (Wildman–Crippen MR) is 162 cm³/mol. The van der Waals surface area contributed by atoms with Crippen molar-refractivity contribution in [3.8, 4) is 22.9 Å². The molecule has 2 aromatic heterocycles. The van der Waals surface area contributed by atoms with E-state index >= 15 is 0 Å². The Morgan fingerprint density at radius 1 is 0.915 bits per heavy atom. The molecule has 3 heterocycles. The van der Waals surface area contributed by atoms with Gasteiger partial charge in [0.15, 0.2) is 5.65 Å². The Morgan fingerprint density at radius 2 is 1.51 bits per heavy atom. The fourth-order valence-electron chi connectivity index (χ4n) is 4.05. The number of aromatic amines is 1. The maximum absolute atomic E-state index is 10.6. The minimum atomic E-state index is -5.08. The molecule has 0 saturated carbocycles. The molecule has 0 unspecified atom stereocenters. The largest absolute Gasteiger partial charge is 0.497 e. The van der Waals surface area contributed by atoms with E-state index in [2.05, 4.69) is 52.8 Å². The van der Waals surface area contributed by atoms with Crippen LogP contribution in [0.3, 0.4) is 0 Å². The second-order valence-electron chi connectivity index (χ2n) is 9.62. The molecule has 0 bridgehead atoms. The van der Waals surface area contributed by atoms with E-state index in [-0.39, 0.29) is 0 Å². The van der Waals surface area contributed by atoms with E-state index in [0.717, 1.165) is 65.6 Å². The number of nitrogens with zero attached hydrogens (tertiary/aromatic N) is 4. The Balaban J connectivity index is 0.000000360. The molecule has 1 aliphatic rings. The average molecular weight is 736 g/mol. The van der Waals surface area contributed by atoms with Gasteiger partial charge in [-0.1, -0.05) is 6.07 Å². The summed E-state index contributed by atoms with van der Waals surface area (Å²) in [5, 5.41) is 14.2. The van der Waals surface area contributed by atoms with Crippen LogP contribution in [0.2, 0.25) is 0 Å². The SMILES string of the molecule is COc1cccc(N2CCN(CCOc3ccc(-c4nc5ncc(Br)cc5[nH]4)cc3)CC2)c1.O=C(O)C(F)(F)F.O=C(O)C(F)(F)F. The molecule has 47 heavy (non-hydrogen) atoms. The van der Waals surface area contributed by atoms with E-state index in [4.69, 9.17) is 29.3 Å². The van der Waals surface area contributed by atoms with Crippen LogP contribution in [0.4, 0.5) is 32.0 Å². The fourth-order valence-corrected chi connectivity index (χ4v) is 4.38. The Morgan fingerprint density at radius 3 is 2.06 bits per heavy atom. The number of halogens is 7. The average Bonchev–Trinajstić information content (AvgIpc) is 3.45. The molecular weight excluding hydrogens is 708 g/mol. The van der Waals surface area contributed by atoms with Gasteiger partial charge in [-0.25, -0.2) is 19.6 Å². The number of pyridine rings is 1. The van der Waals surface area contributed by atoms with E-state index in [0.29, 0.717) is 12.3 Å². The number of aromatic nitrogens is 3. The lowest BCUT2D eigenvalue weighted by Crippen LogP contribution is -2.47. The topological polar surface area (TPSA) is 141 Å². The summed E-state index contributed by atoms with van der Waals surface area (Å²) in [6, 6.07) is 18.3. The van der Waals surface area contributed by atoms with Gasteiger partial charge in [0.25, 0.3) is 0 Å². The first kappa shape index (κ1) is 36.9. The molecule has 1 saturated heterocycles. The van der Waals surface area contributed by atoms with Gasteiger partial charge in [0.1, 0.15) is 23.9 Å². The second kappa shape index (κ2) is 16.3. The van der Waals surface area contributed by atoms with Gasteiger partial charge in [-0.3, -0.25) is 4.90 Å². The minimum Gasteiger partial charge on any atom is -0.497 e. The number of carboxylic acids is 2. The Bertz CT molecular complexity index is 1600. The minimum absolute atomic E-state index is 0.668. The lowest BCUT2D eigenvalue weighted by atomic mass is 10.2. The van der Waals surface area contributed by atoms with Crippen LogP contribution in [0, 0.1) is 0 Å². The highest BCUT2D eigenvalue weighted by Crippen LogP contribution is 2.24. The highest BCUT2D eigenvalue weighted by Gasteiger charge is 2.38. The van der Waals surface area contributed by atoms with E-state index in [1.54, 1.807) is 13.3 Å². The van der Waals surface area contributed by atoms with Crippen molar-refractivity contribution < 1.29 is 55.6 Å². The number of rotatable bonds is 7. The van der Waals surface area contributed by atoms with Crippen molar-refractivity contribution >= 4 is 44.7 Å². The highest BCUT2D eigenvalue weighted by atomic mass is 79.9. The van der Waals surface area contributed by atoms with E-state index in [1.807, 2.05) is 42.5 Å². The van der Waals surface area contributed by atoms with Crippen LogP contribution in [-0.4, -0.2) is 101 Å². The zero-order valence-electron chi connectivity index (χ0n) is 24.5. The molecule has 1 fully saturated rings. The molecule has 2 aromatic carbocycles. The number of nitrogens with one attached hydrogen (secondary N) is 1. The number of carboxylic acid groups (broad SMARTS) is 2. The van der Waals surface area contributed by atoms with Crippen molar-refractivity contribution in [3.63, 3.8) is 0 Å². The number of piperazine rings is 1. The fraction of sp³-hybridized carbons (Fsp3) is 0.310. The number of H-pyrrole nitrogens is 1. The highest BCUT2D eigenvalue weighted by molar-refractivity contribution is 9.10. The number of fused-ring (bicyclic) bond motifs is 1. The number of imidazole rings is 1. The first-order valence-corrected chi connectivity index (χ1v) is 14.3. The molecule has 0 atom stereocenters. The van der Waals surface area contributed by atoms with Crippen molar-refractivity contribution in [1.29, 1.82) is 0 Å². The van der Waals surface area contributed by atoms with E-state index in [1.165, 1.54) is 5.69 Å². The van der Waals surface area contributed by atoms with Gasteiger partial charge in [0.05, 0.1) is 12.6 Å². The van der Waals surface area contributed by atoms with Gasteiger partial charge in [-0.2, -0.15) is 26.3 Å². The number of ether oxygens (including phenoxy) is 2. The number of aliphatic carboxylic acids is 2. The summed E-state index contributed by atoms with van der Waals surface area (Å²) in [6.07, 6.45) is -8.41. The maximum Gasteiger partial charge on any atom is 0.490 e. The summed E-state index contributed by atoms with van der Waals surface area (Å²) in [5.74, 6) is -2.94. The van der Waals surface area contributed by atoms with Gasteiger partial charge in [-0.15, -0.1) is 0 Å². The van der Waals surface area contributed by atoms with E-state index < -0.39 is 24.3 Å². The number of carbonyl (C=O) groups is 2. The number of anilines is 1. The van der Waals surface area contributed by atoms with Crippen molar-refractivity contribution in [2.75, 3.05) is 51.3 Å². The Kier molecular flexibility index (Phi) is 12.8. The molecule has 0 aliphatic carbocycles. The third kappa shape index (κ3) is 11.6. The molecule has 18 heteroatoms. The van der Waals surface area contributed by atoms with Crippen molar-refractivity contribution in [2.24, 2.45) is 0 Å². The van der Waals surface area contributed by atoms with Crippen LogP contribution in [0.25, 0.3) is 22.6 Å². The molecule has 0 radical (unpaired) electrons. The molecular formula is C29H28BrF6N5O6. The number of benzene rings is 2.